The van der Waals surface area contributed by atoms with Crippen LogP contribution in [0.2, 0.25) is 0 Å². The van der Waals surface area contributed by atoms with Gasteiger partial charge in [0.15, 0.2) is 0 Å². The molecule has 0 spiro atoms. The fraction of sp³-hybridized carbons (Fsp3) is 0.533. The van der Waals surface area contributed by atoms with Crippen molar-refractivity contribution in [2.24, 2.45) is 5.92 Å². The predicted octanol–water partition coefficient (Wildman–Crippen LogP) is 1.82. The highest BCUT2D eigenvalue weighted by Gasteiger charge is 2.33. The van der Waals surface area contributed by atoms with Crippen LogP contribution in [0.25, 0.3) is 0 Å². The molecule has 1 fully saturated rings. The van der Waals surface area contributed by atoms with Crippen molar-refractivity contribution in [3.05, 3.63) is 35.4 Å². The average molecular weight is 246 g/mol. The van der Waals surface area contributed by atoms with Crippen molar-refractivity contribution >= 4 is 5.91 Å². The minimum absolute atomic E-state index is 0.0688. The highest BCUT2D eigenvalue weighted by Crippen LogP contribution is 2.28. The van der Waals surface area contributed by atoms with Crippen molar-refractivity contribution < 1.29 is 4.79 Å². The van der Waals surface area contributed by atoms with Gasteiger partial charge < -0.3 is 10.6 Å². The van der Waals surface area contributed by atoms with Crippen molar-refractivity contribution in [2.45, 2.75) is 26.2 Å². The van der Waals surface area contributed by atoms with Gasteiger partial charge in [0.1, 0.15) is 0 Å². The summed E-state index contributed by atoms with van der Waals surface area (Å²) in [4.78, 5) is 12.1. The van der Waals surface area contributed by atoms with Gasteiger partial charge in [-0.3, -0.25) is 4.79 Å². The molecule has 0 bridgehead atoms. The predicted molar refractivity (Wildman–Crippen MR) is 73.6 cm³/mol. The van der Waals surface area contributed by atoms with E-state index in [0.29, 0.717) is 5.92 Å². The summed E-state index contributed by atoms with van der Waals surface area (Å²) in [5.41, 5.74) is 2.53. The molecule has 0 radical (unpaired) electrons. The molecule has 3 nitrogen and oxygen atoms in total. The Kier molecular flexibility index (Phi) is 4.37. The second kappa shape index (κ2) is 6.01. The van der Waals surface area contributed by atoms with Crippen LogP contribution < -0.4 is 10.6 Å². The van der Waals surface area contributed by atoms with Gasteiger partial charge in [-0.2, -0.15) is 0 Å². The monoisotopic (exact) mass is 246 g/mol. The number of amides is 1. The normalized spacial score (nSPS) is 23.0. The number of nitrogens with one attached hydrogen (secondary N) is 2. The first kappa shape index (κ1) is 13.1. The third-order valence-electron chi connectivity index (χ3n) is 3.61. The zero-order valence-corrected chi connectivity index (χ0v) is 11.2. The molecule has 1 aromatic rings. The van der Waals surface area contributed by atoms with E-state index in [2.05, 4.69) is 48.7 Å². The number of aryl methyl sites for hydroxylation is 1. The van der Waals surface area contributed by atoms with E-state index in [4.69, 9.17) is 0 Å². The van der Waals surface area contributed by atoms with Crippen LogP contribution >= 0.6 is 0 Å². The average Bonchev–Trinajstić information content (AvgIpc) is 2.86. The molecule has 0 aliphatic carbocycles. The largest absolute Gasteiger partial charge is 0.356 e. The van der Waals surface area contributed by atoms with Gasteiger partial charge in [0.25, 0.3) is 0 Å². The number of carbonyl (C=O) groups is 1. The molecule has 2 unspecified atom stereocenters. The van der Waals surface area contributed by atoms with E-state index in [1.807, 2.05) is 0 Å². The van der Waals surface area contributed by atoms with Crippen LogP contribution in [0.15, 0.2) is 24.3 Å². The summed E-state index contributed by atoms with van der Waals surface area (Å²) in [6.45, 7) is 6.62. The lowest BCUT2D eigenvalue weighted by Gasteiger charge is -2.18. The molecular formula is C15H22N2O. The third-order valence-corrected chi connectivity index (χ3v) is 3.61. The summed E-state index contributed by atoms with van der Waals surface area (Å²) in [5.74, 6) is 0.564. The Bertz CT molecular complexity index is 399. The number of benzene rings is 1. The van der Waals surface area contributed by atoms with Crippen LogP contribution in [0, 0.1) is 12.8 Å². The van der Waals surface area contributed by atoms with Crippen molar-refractivity contribution in [3.8, 4) is 0 Å². The molecule has 3 heteroatoms. The highest BCUT2D eigenvalue weighted by atomic mass is 16.1. The summed E-state index contributed by atoms with van der Waals surface area (Å²) in [6.07, 6.45) is 0.987. The Morgan fingerprint density at radius 3 is 2.72 bits per heavy atom. The van der Waals surface area contributed by atoms with Gasteiger partial charge in [0, 0.05) is 25.6 Å². The van der Waals surface area contributed by atoms with Gasteiger partial charge in [0.05, 0.1) is 5.92 Å². The number of carbonyl (C=O) groups excluding carboxylic acids is 1. The van der Waals surface area contributed by atoms with Crippen LogP contribution in [0.3, 0.4) is 0 Å². The van der Waals surface area contributed by atoms with Gasteiger partial charge in [0.2, 0.25) is 5.91 Å². The SMILES string of the molecule is CCCNC(=O)C1CNCC1c1ccc(C)cc1. The first-order valence-corrected chi connectivity index (χ1v) is 6.77. The molecular weight excluding hydrogens is 224 g/mol. The summed E-state index contributed by atoms with van der Waals surface area (Å²) in [5, 5.41) is 6.34. The number of hydrogen-bond donors (Lipinski definition) is 2. The minimum atomic E-state index is 0.0688. The lowest BCUT2D eigenvalue weighted by molar-refractivity contribution is -0.124. The molecule has 1 amide bonds. The second-order valence-electron chi connectivity index (χ2n) is 5.07. The summed E-state index contributed by atoms with van der Waals surface area (Å²) < 4.78 is 0. The van der Waals surface area contributed by atoms with E-state index in [1.165, 1.54) is 11.1 Å². The molecule has 0 saturated carbocycles. The maximum absolute atomic E-state index is 12.1. The summed E-state index contributed by atoms with van der Waals surface area (Å²) in [6, 6.07) is 8.53. The van der Waals surface area contributed by atoms with E-state index < -0.39 is 0 Å². The first-order valence-electron chi connectivity index (χ1n) is 6.77. The first-order chi connectivity index (χ1) is 8.72. The quantitative estimate of drug-likeness (QED) is 0.851. The zero-order valence-electron chi connectivity index (χ0n) is 11.2. The molecule has 1 aliphatic rings. The highest BCUT2D eigenvalue weighted by molar-refractivity contribution is 5.80. The Morgan fingerprint density at radius 2 is 2.06 bits per heavy atom. The van der Waals surface area contributed by atoms with Crippen LogP contribution in [0.4, 0.5) is 0 Å². The van der Waals surface area contributed by atoms with Gasteiger partial charge in [-0.05, 0) is 18.9 Å². The molecule has 1 aromatic carbocycles. The van der Waals surface area contributed by atoms with E-state index >= 15 is 0 Å². The van der Waals surface area contributed by atoms with E-state index in [0.717, 1.165) is 26.1 Å². The standard InChI is InChI=1S/C15H22N2O/c1-3-8-17-15(18)14-10-16-9-13(14)12-6-4-11(2)5-7-12/h4-7,13-14,16H,3,8-10H2,1-2H3,(H,17,18). The van der Waals surface area contributed by atoms with Crippen LogP contribution in [-0.4, -0.2) is 25.5 Å². The van der Waals surface area contributed by atoms with Crippen molar-refractivity contribution in [1.82, 2.24) is 10.6 Å². The lowest BCUT2D eigenvalue weighted by Crippen LogP contribution is -2.34. The van der Waals surface area contributed by atoms with E-state index in [9.17, 15) is 4.79 Å². The van der Waals surface area contributed by atoms with Crippen molar-refractivity contribution in [3.63, 3.8) is 0 Å². The smallest absolute Gasteiger partial charge is 0.225 e. The minimum Gasteiger partial charge on any atom is -0.356 e. The Morgan fingerprint density at radius 1 is 1.33 bits per heavy atom. The molecule has 2 atom stereocenters. The van der Waals surface area contributed by atoms with Gasteiger partial charge >= 0.3 is 0 Å². The topological polar surface area (TPSA) is 41.1 Å². The summed E-state index contributed by atoms with van der Waals surface area (Å²) >= 11 is 0. The Hall–Kier alpha value is -1.35. The van der Waals surface area contributed by atoms with Crippen LogP contribution in [0.1, 0.15) is 30.4 Å². The second-order valence-corrected chi connectivity index (χ2v) is 5.07. The fourth-order valence-corrected chi connectivity index (χ4v) is 2.50. The lowest BCUT2D eigenvalue weighted by atomic mass is 9.88. The van der Waals surface area contributed by atoms with Gasteiger partial charge in [-0.25, -0.2) is 0 Å². The summed E-state index contributed by atoms with van der Waals surface area (Å²) in [7, 11) is 0. The fourth-order valence-electron chi connectivity index (χ4n) is 2.50. The van der Waals surface area contributed by atoms with E-state index in [1.54, 1.807) is 0 Å². The van der Waals surface area contributed by atoms with Crippen molar-refractivity contribution in [1.29, 1.82) is 0 Å². The number of hydrogen-bond acceptors (Lipinski definition) is 2. The van der Waals surface area contributed by atoms with Crippen molar-refractivity contribution in [2.75, 3.05) is 19.6 Å². The maximum atomic E-state index is 12.1. The molecule has 2 rings (SSSR count). The molecule has 0 aromatic heterocycles. The Labute approximate surface area is 109 Å². The Balaban J connectivity index is 2.07. The number of rotatable bonds is 4. The molecule has 1 aliphatic heterocycles. The van der Waals surface area contributed by atoms with Crippen LogP contribution in [-0.2, 0) is 4.79 Å². The zero-order chi connectivity index (χ0) is 13.0. The third kappa shape index (κ3) is 2.91. The molecule has 98 valence electrons. The van der Waals surface area contributed by atoms with Gasteiger partial charge in [-0.1, -0.05) is 36.8 Å². The van der Waals surface area contributed by atoms with Crippen LogP contribution in [0.5, 0.6) is 0 Å². The molecule has 18 heavy (non-hydrogen) atoms. The van der Waals surface area contributed by atoms with E-state index in [-0.39, 0.29) is 11.8 Å². The van der Waals surface area contributed by atoms with Gasteiger partial charge in [-0.15, -0.1) is 0 Å². The maximum Gasteiger partial charge on any atom is 0.225 e. The molecule has 2 N–H and O–H groups in total. The molecule has 1 saturated heterocycles. The molecule has 1 heterocycles.